The first-order chi connectivity index (χ1) is 7.22. The lowest BCUT2D eigenvalue weighted by Gasteiger charge is -2.64. The largest absolute Gasteiger partial charge is 0.0654 e. The standard InChI is InChI=1S/C15H28/c1-4-6-8-13(7-5-2)15(3)11-12-9-10-14(12)15/h12-14H,4-11H2,1-3H3. The summed E-state index contributed by atoms with van der Waals surface area (Å²) in [7, 11) is 0. The summed E-state index contributed by atoms with van der Waals surface area (Å²) >= 11 is 0. The van der Waals surface area contributed by atoms with Crippen molar-refractivity contribution in [3.63, 3.8) is 0 Å². The van der Waals surface area contributed by atoms with E-state index in [4.69, 9.17) is 0 Å². The van der Waals surface area contributed by atoms with Gasteiger partial charge in [0, 0.05) is 0 Å². The van der Waals surface area contributed by atoms with Gasteiger partial charge < -0.3 is 0 Å². The Kier molecular flexibility index (Phi) is 3.42. The second-order valence-corrected chi connectivity index (χ2v) is 6.28. The molecular weight excluding hydrogens is 180 g/mol. The maximum absolute atomic E-state index is 2.60. The van der Waals surface area contributed by atoms with E-state index in [0.29, 0.717) is 0 Å². The summed E-state index contributed by atoms with van der Waals surface area (Å²) in [6, 6.07) is 0. The summed E-state index contributed by atoms with van der Waals surface area (Å²) in [5.74, 6) is 3.32. The van der Waals surface area contributed by atoms with Crippen LogP contribution in [0.3, 0.4) is 0 Å². The third kappa shape index (κ3) is 1.85. The molecule has 2 rings (SSSR count). The van der Waals surface area contributed by atoms with Gasteiger partial charge in [-0.3, -0.25) is 0 Å². The molecule has 0 heteroatoms. The third-order valence-electron chi connectivity index (χ3n) is 5.44. The molecule has 0 amide bonds. The number of fused-ring (bicyclic) bond motifs is 1. The Hall–Kier alpha value is 0. The molecule has 0 aromatic rings. The minimum absolute atomic E-state index is 0.758. The molecule has 2 aliphatic carbocycles. The van der Waals surface area contributed by atoms with Gasteiger partial charge in [0.15, 0.2) is 0 Å². The monoisotopic (exact) mass is 208 g/mol. The Morgan fingerprint density at radius 3 is 2.33 bits per heavy atom. The molecule has 0 aromatic heterocycles. The molecule has 0 aliphatic heterocycles. The molecule has 15 heavy (non-hydrogen) atoms. The van der Waals surface area contributed by atoms with Gasteiger partial charge in [0.2, 0.25) is 0 Å². The highest BCUT2D eigenvalue weighted by atomic mass is 14.6. The van der Waals surface area contributed by atoms with Crippen LogP contribution in [0.5, 0.6) is 0 Å². The fraction of sp³-hybridized carbons (Fsp3) is 1.00. The van der Waals surface area contributed by atoms with Gasteiger partial charge in [0.05, 0.1) is 0 Å². The average molecular weight is 208 g/mol. The lowest BCUT2D eigenvalue weighted by molar-refractivity contribution is -0.144. The van der Waals surface area contributed by atoms with Crippen LogP contribution in [0.4, 0.5) is 0 Å². The predicted octanol–water partition coefficient (Wildman–Crippen LogP) is 5.03. The van der Waals surface area contributed by atoms with Crippen LogP contribution in [0.1, 0.15) is 72.1 Å². The van der Waals surface area contributed by atoms with Crippen LogP contribution in [-0.2, 0) is 0 Å². The van der Waals surface area contributed by atoms with Crippen LogP contribution in [0.15, 0.2) is 0 Å². The van der Waals surface area contributed by atoms with Crippen molar-refractivity contribution >= 4 is 0 Å². The van der Waals surface area contributed by atoms with Gasteiger partial charge in [-0.25, -0.2) is 0 Å². The number of rotatable bonds is 6. The van der Waals surface area contributed by atoms with E-state index >= 15 is 0 Å². The summed E-state index contributed by atoms with van der Waals surface area (Å²) in [4.78, 5) is 0. The molecule has 0 spiro atoms. The first-order valence-corrected chi connectivity index (χ1v) is 7.22. The minimum Gasteiger partial charge on any atom is -0.0654 e. The van der Waals surface area contributed by atoms with Gasteiger partial charge in [0.1, 0.15) is 0 Å². The molecule has 0 nitrogen and oxygen atoms in total. The zero-order valence-corrected chi connectivity index (χ0v) is 10.9. The van der Waals surface area contributed by atoms with E-state index in [1.54, 1.807) is 19.3 Å². The Bertz CT molecular complexity index is 208. The van der Waals surface area contributed by atoms with Crippen molar-refractivity contribution in [2.75, 3.05) is 0 Å². The Morgan fingerprint density at radius 1 is 1.13 bits per heavy atom. The molecule has 2 fully saturated rings. The van der Waals surface area contributed by atoms with Gasteiger partial charge in [-0.15, -0.1) is 0 Å². The summed E-state index contributed by atoms with van der Waals surface area (Å²) in [5.41, 5.74) is 0.758. The lowest BCUT2D eigenvalue weighted by Crippen LogP contribution is -2.55. The highest BCUT2D eigenvalue weighted by Crippen LogP contribution is 2.66. The SMILES string of the molecule is CCCCC(CCC)C1(C)CC2CCC21. The zero-order valence-electron chi connectivity index (χ0n) is 10.9. The summed E-state index contributed by atoms with van der Waals surface area (Å²) in [6.45, 7) is 7.29. The third-order valence-corrected chi connectivity index (χ3v) is 5.44. The van der Waals surface area contributed by atoms with E-state index in [1.807, 2.05) is 0 Å². The molecule has 4 unspecified atom stereocenters. The van der Waals surface area contributed by atoms with E-state index in [9.17, 15) is 0 Å². The highest BCUT2D eigenvalue weighted by Gasteiger charge is 2.57. The molecule has 88 valence electrons. The molecule has 0 saturated heterocycles. The van der Waals surface area contributed by atoms with Crippen LogP contribution in [-0.4, -0.2) is 0 Å². The quantitative estimate of drug-likeness (QED) is 0.574. The minimum atomic E-state index is 0.758. The molecule has 0 aromatic carbocycles. The van der Waals surface area contributed by atoms with Gasteiger partial charge in [-0.05, 0) is 48.9 Å². The second-order valence-electron chi connectivity index (χ2n) is 6.28. The summed E-state index contributed by atoms with van der Waals surface area (Å²) in [5, 5.41) is 0. The summed E-state index contributed by atoms with van der Waals surface area (Å²) < 4.78 is 0. The zero-order chi connectivity index (χ0) is 10.9. The van der Waals surface area contributed by atoms with Crippen LogP contribution >= 0.6 is 0 Å². The fourth-order valence-electron chi connectivity index (χ4n) is 4.31. The van der Waals surface area contributed by atoms with Gasteiger partial charge in [-0.2, -0.15) is 0 Å². The van der Waals surface area contributed by atoms with Crippen LogP contribution in [0.2, 0.25) is 0 Å². The van der Waals surface area contributed by atoms with Crippen LogP contribution in [0.25, 0.3) is 0 Å². The number of unbranched alkanes of at least 4 members (excludes halogenated alkanes) is 1. The van der Waals surface area contributed by atoms with E-state index in [2.05, 4.69) is 20.8 Å². The molecule has 0 radical (unpaired) electrons. The molecule has 4 atom stereocenters. The summed E-state index contributed by atoms with van der Waals surface area (Å²) in [6.07, 6.45) is 11.9. The van der Waals surface area contributed by atoms with Gasteiger partial charge in [0.25, 0.3) is 0 Å². The van der Waals surface area contributed by atoms with E-state index < -0.39 is 0 Å². The maximum atomic E-state index is 2.60. The molecule has 0 N–H and O–H groups in total. The van der Waals surface area contributed by atoms with Gasteiger partial charge >= 0.3 is 0 Å². The highest BCUT2D eigenvalue weighted by molar-refractivity contribution is 5.06. The number of hydrogen-bond donors (Lipinski definition) is 0. The van der Waals surface area contributed by atoms with Crippen molar-refractivity contribution in [1.82, 2.24) is 0 Å². The van der Waals surface area contributed by atoms with Crippen LogP contribution < -0.4 is 0 Å². The first kappa shape index (κ1) is 11.5. The maximum Gasteiger partial charge on any atom is -0.0264 e. The molecular formula is C15H28. The number of hydrogen-bond acceptors (Lipinski definition) is 0. The Morgan fingerprint density at radius 2 is 1.93 bits per heavy atom. The van der Waals surface area contributed by atoms with E-state index in [0.717, 1.165) is 23.2 Å². The Labute approximate surface area is 95.8 Å². The normalized spacial score (nSPS) is 40.2. The van der Waals surface area contributed by atoms with Crippen LogP contribution in [0, 0.1) is 23.2 Å². The smallest absolute Gasteiger partial charge is 0.0264 e. The van der Waals surface area contributed by atoms with E-state index in [-0.39, 0.29) is 0 Å². The molecule has 0 heterocycles. The van der Waals surface area contributed by atoms with Crippen molar-refractivity contribution in [3.8, 4) is 0 Å². The second kappa shape index (κ2) is 4.47. The van der Waals surface area contributed by atoms with Crippen molar-refractivity contribution in [2.24, 2.45) is 23.2 Å². The molecule has 2 aliphatic rings. The van der Waals surface area contributed by atoms with Crippen molar-refractivity contribution < 1.29 is 0 Å². The molecule has 2 saturated carbocycles. The van der Waals surface area contributed by atoms with Crippen molar-refractivity contribution in [1.29, 1.82) is 0 Å². The first-order valence-electron chi connectivity index (χ1n) is 7.22. The topological polar surface area (TPSA) is 0 Å². The van der Waals surface area contributed by atoms with Crippen molar-refractivity contribution in [2.45, 2.75) is 72.1 Å². The van der Waals surface area contributed by atoms with E-state index in [1.165, 1.54) is 32.1 Å². The van der Waals surface area contributed by atoms with Gasteiger partial charge in [-0.1, -0.05) is 46.5 Å². The molecule has 0 bridgehead atoms. The Balaban J connectivity index is 1.91. The average Bonchev–Trinajstić information content (AvgIpc) is 2.19. The predicted molar refractivity (Wildman–Crippen MR) is 66.9 cm³/mol. The fourth-order valence-corrected chi connectivity index (χ4v) is 4.31. The lowest BCUT2D eigenvalue weighted by atomic mass is 9.41. The van der Waals surface area contributed by atoms with Crippen molar-refractivity contribution in [3.05, 3.63) is 0 Å².